The summed E-state index contributed by atoms with van der Waals surface area (Å²) in [6, 6.07) is 4.26. The van der Waals surface area contributed by atoms with E-state index >= 15 is 0 Å². The van der Waals surface area contributed by atoms with Gasteiger partial charge in [-0.15, -0.1) is 0 Å². The van der Waals surface area contributed by atoms with Crippen LogP contribution in [0.1, 0.15) is 23.9 Å². The molecule has 0 aliphatic rings. The number of hydrogen-bond donors (Lipinski definition) is 1. The Kier molecular flexibility index (Phi) is 6.05. The summed E-state index contributed by atoms with van der Waals surface area (Å²) in [5, 5.41) is 12.4. The lowest BCUT2D eigenvalue weighted by Gasteiger charge is -2.13. The first-order valence-corrected chi connectivity index (χ1v) is 9.47. The SMILES string of the molecule is Cc1nn(Cc2ccc(F)cc2Cl)c(C)c1NC(=O)C(C)Cn1cc(Cl)cn1. The van der Waals surface area contributed by atoms with Gasteiger partial charge in [0, 0.05) is 11.2 Å². The highest BCUT2D eigenvalue weighted by Crippen LogP contribution is 2.24. The number of aromatic nitrogens is 4. The maximum absolute atomic E-state index is 13.2. The Morgan fingerprint density at radius 1 is 1.32 bits per heavy atom. The zero-order valence-corrected chi connectivity index (χ0v) is 17.2. The second-order valence-electron chi connectivity index (χ2n) is 6.71. The molecule has 0 aliphatic heterocycles. The van der Waals surface area contributed by atoms with E-state index in [4.69, 9.17) is 23.2 Å². The molecule has 0 aliphatic carbocycles. The molecule has 0 saturated carbocycles. The summed E-state index contributed by atoms with van der Waals surface area (Å²) < 4.78 is 16.6. The molecular formula is C19H20Cl2FN5O. The molecule has 1 N–H and O–H groups in total. The van der Waals surface area contributed by atoms with Crippen molar-refractivity contribution in [1.29, 1.82) is 0 Å². The lowest BCUT2D eigenvalue weighted by atomic mass is 10.1. The molecule has 3 rings (SSSR count). The fourth-order valence-corrected chi connectivity index (χ4v) is 3.27. The molecule has 6 nitrogen and oxygen atoms in total. The van der Waals surface area contributed by atoms with Crippen LogP contribution in [0.15, 0.2) is 30.6 Å². The molecule has 0 radical (unpaired) electrons. The van der Waals surface area contributed by atoms with Crippen LogP contribution in [0.3, 0.4) is 0 Å². The Morgan fingerprint density at radius 2 is 2.07 bits per heavy atom. The van der Waals surface area contributed by atoms with Gasteiger partial charge in [-0.1, -0.05) is 36.2 Å². The second-order valence-corrected chi connectivity index (χ2v) is 7.55. The van der Waals surface area contributed by atoms with Crippen molar-refractivity contribution in [2.75, 3.05) is 5.32 Å². The lowest BCUT2D eigenvalue weighted by molar-refractivity contribution is -0.119. The van der Waals surface area contributed by atoms with Crippen molar-refractivity contribution in [2.45, 2.75) is 33.9 Å². The van der Waals surface area contributed by atoms with Crippen molar-refractivity contribution in [1.82, 2.24) is 19.6 Å². The number of carbonyl (C=O) groups is 1. The molecule has 0 saturated heterocycles. The van der Waals surface area contributed by atoms with E-state index in [0.717, 1.165) is 11.3 Å². The number of hydrogen-bond acceptors (Lipinski definition) is 3. The fraction of sp³-hybridized carbons (Fsp3) is 0.316. The number of rotatable bonds is 6. The summed E-state index contributed by atoms with van der Waals surface area (Å²) in [6.07, 6.45) is 3.21. The highest BCUT2D eigenvalue weighted by atomic mass is 35.5. The van der Waals surface area contributed by atoms with Crippen LogP contribution in [0, 0.1) is 25.6 Å². The molecule has 1 amide bonds. The summed E-state index contributed by atoms with van der Waals surface area (Å²) in [6.45, 7) is 6.30. The number of amides is 1. The molecule has 28 heavy (non-hydrogen) atoms. The largest absolute Gasteiger partial charge is 0.323 e. The monoisotopic (exact) mass is 423 g/mol. The Labute approximate surface area is 172 Å². The molecule has 2 heterocycles. The third-order valence-electron chi connectivity index (χ3n) is 4.48. The van der Waals surface area contributed by atoms with Crippen LogP contribution in [0.5, 0.6) is 0 Å². The molecule has 0 spiro atoms. The van der Waals surface area contributed by atoms with Crippen molar-refractivity contribution in [3.63, 3.8) is 0 Å². The number of anilines is 1. The fourth-order valence-electron chi connectivity index (χ4n) is 2.89. The predicted octanol–water partition coefficient (Wildman–Crippen LogP) is 4.47. The highest BCUT2D eigenvalue weighted by Gasteiger charge is 2.19. The van der Waals surface area contributed by atoms with Crippen molar-refractivity contribution < 1.29 is 9.18 Å². The van der Waals surface area contributed by atoms with E-state index in [9.17, 15) is 9.18 Å². The third-order valence-corrected chi connectivity index (χ3v) is 5.02. The van der Waals surface area contributed by atoms with Gasteiger partial charge >= 0.3 is 0 Å². The van der Waals surface area contributed by atoms with Crippen molar-refractivity contribution >= 4 is 34.8 Å². The predicted molar refractivity (Wildman–Crippen MR) is 107 cm³/mol. The number of nitrogens with zero attached hydrogens (tertiary/aromatic N) is 4. The van der Waals surface area contributed by atoms with Crippen LogP contribution in [0.4, 0.5) is 10.1 Å². The Hall–Kier alpha value is -2.38. The minimum Gasteiger partial charge on any atom is -0.323 e. The standard InChI is InChI=1S/C19H20Cl2FN5O/c1-11(8-26-10-15(20)7-23-26)19(28)24-18-12(2)25-27(13(18)3)9-14-4-5-16(22)6-17(14)21/h4-7,10-11H,8-9H2,1-3H3,(H,24,28). The molecule has 0 bridgehead atoms. The maximum atomic E-state index is 13.2. The third kappa shape index (κ3) is 4.54. The first-order chi connectivity index (χ1) is 13.2. The van der Waals surface area contributed by atoms with E-state index in [-0.39, 0.29) is 17.6 Å². The van der Waals surface area contributed by atoms with Gasteiger partial charge in [-0.05, 0) is 31.5 Å². The maximum Gasteiger partial charge on any atom is 0.229 e. The highest BCUT2D eigenvalue weighted by molar-refractivity contribution is 6.31. The van der Waals surface area contributed by atoms with Gasteiger partial charge in [-0.2, -0.15) is 10.2 Å². The van der Waals surface area contributed by atoms with E-state index in [0.29, 0.717) is 34.5 Å². The van der Waals surface area contributed by atoms with E-state index in [1.54, 1.807) is 21.6 Å². The molecule has 148 valence electrons. The number of nitrogens with one attached hydrogen (secondary N) is 1. The van der Waals surface area contributed by atoms with Crippen LogP contribution in [-0.2, 0) is 17.9 Å². The first-order valence-electron chi connectivity index (χ1n) is 8.71. The summed E-state index contributed by atoms with van der Waals surface area (Å²) >= 11 is 12.0. The van der Waals surface area contributed by atoms with Gasteiger partial charge < -0.3 is 5.32 Å². The minimum atomic E-state index is -0.387. The molecule has 1 unspecified atom stereocenters. The van der Waals surface area contributed by atoms with Gasteiger partial charge in [-0.3, -0.25) is 14.2 Å². The van der Waals surface area contributed by atoms with Gasteiger partial charge in [0.1, 0.15) is 5.82 Å². The number of benzene rings is 1. The smallest absolute Gasteiger partial charge is 0.229 e. The zero-order chi connectivity index (χ0) is 20.4. The van der Waals surface area contributed by atoms with Crippen molar-refractivity contribution in [3.05, 3.63) is 63.4 Å². The normalized spacial score (nSPS) is 12.2. The Bertz CT molecular complexity index is 1010. The summed E-state index contributed by atoms with van der Waals surface area (Å²) in [5.41, 5.74) is 2.89. The number of aryl methyl sites for hydroxylation is 1. The summed E-state index contributed by atoms with van der Waals surface area (Å²) in [4.78, 5) is 12.6. The molecule has 3 aromatic rings. The number of carbonyl (C=O) groups excluding carboxylic acids is 1. The summed E-state index contributed by atoms with van der Waals surface area (Å²) in [7, 11) is 0. The van der Waals surface area contributed by atoms with Crippen molar-refractivity contribution in [3.8, 4) is 0 Å². The van der Waals surface area contributed by atoms with Crippen LogP contribution in [-0.4, -0.2) is 25.5 Å². The van der Waals surface area contributed by atoms with Gasteiger partial charge in [0.15, 0.2) is 0 Å². The number of halogens is 3. The van der Waals surface area contributed by atoms with Gasteiger partial charge in [-0.25, -0.2) is 4.39 Å². The molecule has 1 aromatic carbocycles. The first kappa shape index (κ1) is 20.4. The minimum absolute atomic E-state index is 0.141. The molecule has 9 heteroatoms. The van der Waals surface area contributed by atoms with E-state index in [2.05, 4.69) is 15.5 Å². The average Bonchev–Trinajstić information content (AvgIpc) is 3.15. The second kappa shape index (κ2) is 8.32. The van der Waals surface area contributed by atoms with Crippen molar-refractivity contribution in [2.24, 2.45) is 5.92 Å². The average molecular weight is 424 g/mol. The van der Waals surface area contributed by atoms with E-state index in [1.807, 2.05) is 20.8 Å². The topological polar surface area (TPSA) is 64.7 Å². The zero-order valence-electron chi connectivity index (χ0n) is 15.7. The van der Waals surface area contributed by atoms with Gasteiger partial charge in [0.05, 0.1) is 47.3 Å². The molecule has 1 atom stereocenters. The molecule has 0 fully saturated rings. The van der Waals surface area contributed by atoms with Crippen LogP contribution < -0.4 is 5.32 Å². The van der Waals surface area contributed by atoms with Gasteiger partial charge in [0.2, 0.25) is 5.91 Å². The van der Waals surface area contributed by atoms with Crippen LogP contribution >= 0.6 is 23.2 Å². The quantitative estimate of drug-likeness (QED) is 0.635. The Morgan fingerprint density at radius 3 is 2.71 bits per heavy atom. The van der Waals surface area contributed by atoms with Gasteiger partial charge in [0.25, 0.3) is 0 Å². The summed E-state index contributed by atoms with van der Waals surface area (Å²) in [5.74, 6) is -0.843. The van der Waals surface area contributed by atoms with E-state index in [1.165, 1.54) is 18.3 Å². The van der Waals surface area contributed by atoms with E-state index < -0.39 is 0 Å². The lowest BCUT2D eigenvalue weighted by Crippen LogP contribution is -2.25. The molecule has 2 aromatic heterocycles. The molecular weight excluding hydrogens is 404 g/mol. The Balaban J connectivity index is 1.73. The van der Waals surface area contributed by atoms with Crippen LogP contribution in [0.25, 0.3) is 0 Å². The van der Waals surface area contributed by atoms with Crippen LogP contribution in [0.2, 0.25) is 10.0 Å².